The van der Waals surface area contributed by atoms with Crippen LogP contribution in [0, 0.1) is 0 Å². The molecule has 2 aliphatic rings. The van der Waals surface area contributed by atoms with Crippen molar-refractivity contribution < 1.29 is 13.5 Å². The fraction of sp³-hybridized carbons (Fsp3) is 0.769. The average molecular weight is 321 g/mol. The lowest BCUT2D eigenvalue weighted by atomic mass is 9.86. The molecular weight excluding hydrogens is 302 g/mol. The van der Waals surface area contributed by atoms with Crippen LogP contribution in [0.1, 0.15) is 25.3 Å². The number of alkyl halides is 2. The van der Waals surface area contributed by atoms with Crippen molar-refractivity contribution in [3.05, 3.63) is 11.3 Å². The molecule has 1 saturated carbocycles. The summed E-state index contributed by atoms with van der Waals surface area (Å²) in [6.45, 7) is 2.90. The van der Waals surface area contributed by atoms with Gasteiger partial charge < -0.3 is 10.5 Å². The molecule has 0 bridgehead atoms. The molecule has 1 aromatic heterocycles. The quantitative estimate of drug-likeness (QED) is 0.907. The Morgan fingerprint density at radius 1 is 1.38 bits per heavy atom. The molecule has 0 spiro atoms. The topological polar surface area (TPSA) is 56.3 Å². The maximum absolute atomic E-state index is 14.3. The Balaban J connectivity index is 1.80. The highest BCUT2D eigenvalue weighted by Crippen LogP contribution is 2.44. The number of hydrogen-bond donors (Lipinski definition) is 1. The second kappa shape index (κ2) is 5.70. The number of ether oxygens (including phenoxy) is 1. The maximum atomic E-state index is 14.3. The summed E-state index contributed by atoms with van der Waals surface area (Å²) >= 11 is 6.01. The van der Waals surface area contributed by atoms with E-state index >= 15 is 0 Å². The van der Waals surface area contributed by atoms with Crippen LogP contribution in [0.25, 0.3) is 0 Å². The number of morpholine rings is 1. The zero-order valence-corrected chi connectivity index (χ0v) is 12.4. The van der Waals surface area contributed by atoms with E-state index in [1.807, 2.05) is 0 Å². The third-order valence-corrected chi connectivity index (χ3v) is 4.80. The number of halogens is 3. The second-order valence-electron chi connectivity index (χ2n) is 5.69. The Bertz CT molecular complexity index is 504. The lowest BCUT2D eigenvalue weighted by Gasteiger charge is -2.42. The van der Waals surface area contributed by atoms with Crippen molar-refractivity contribution in [3.63, 3.8) is 0 Å². The van der Waals surface area contributed by atoms with Crippen LogP contribution in [-0.4, -0.2) is 52.9 Å². The van der Waals surface area contributed by atoms with E-state index in [4.69, 9.17) is 22.1 Å². The number of hydrogen-bond acceptors (Lipinski definition) is 4. The molecule has 0 aromatic carbocycles. The van der Waals surface area contributed by atoms with Crippen molar-refractivity contribution in [3.8, 4) is 0 Å². The van der Waals surface area contributed by atoms with E-state index in [1.165, 1.54) is 10.9 Å². The second-order valence-corrected chi connectivity index (χ2v) is 6.05. The van der Waals surface area contributed by atoms with E-state index in [0.717, 1.165) is 13.1 Å². The largest absolute Gasteiger partial charge is 0.395 e. The van der Waals surface area contributed by atoms with Crippen LogP contribution in [0.2, 0.25) is 5.15 Å². The third kappa shape index (κ3) is 2.86. The van der Waals surface area contributed by atoms with E-state index in [-0.39, 0.29) is 23.3 Å². The van der Waals surface area contributed by atoms with Crippen LogP contribution < -0.4 is 5.73 Å². The maximum Gasteiger partial charge on any atom is 0.270 e. The smallest absolute Gasteiger partial charge is 0.270 e. The average Bonchev–Trinajstić information content (AvgIpc) is 2.80. The van der Waals surface area contributed by atoms with Gasteiger partial charge in [-0.1, -0.05) is 11.6 Å². The Hall–Kier alpha value is -0.920. The van der Waals surface area contributed by atoms with Gasteiger partial charge >= 0.3 is 0 Å². The molecule has 118 valence electrons. The van der Waals surface area contributed by atoms with Crippen molar-refractivity contribution in [2.75, 3.05) is 32.0 Å². The monoisotopic (exact) mass is 320 g/mol. The van der Waals surface area contributed by atoms with Crippen LogP contribution in [0.4, 0.5) is 14.5 Å². The molecule has 2 heterocycles. The Morgan fingerprint density at radius 3 is 2.71 bits per heavy atom. The molecule has 1 aromatic rings. The first-order valence-electron chi connectivity index (χ1n) is 7.17. The van der Waals surface area contributed by atoms with Crippen LogP contribution >= 0.6 is 11.6 Å². The first-order chi connectivity index (χ1) is 9.99. The first-order valence-corrected chi connectivity index (χ1v) is 7.55. The number of nitrogens with zero attached hydrogens (tertiary/aromatic N) is 3. The third-order valence-electron chi connectivity index (χ3n) is 4.41. The van der Waals surface area contributed by atoms with E-state index in [2.05, 4.69) is 10.00 Å². The standard InChI is InChI=1S/C13H19ClF2N4O/c14-12-10(17)8-18-20(12)11-7-9(1-2-13(11,15)16)19-3-5-21-6-4-19/h8-9,11H,1-7,17H2/t9-,11-/m0/s1. The van der Waals surface area contributed by atoms with Gasteiger partial charge in [-0.25, -0.2) is 13.5 Å². The highest BCUT2D eigenvalue weighted by molar-refractivity contribution is 6.32. The molecule has 1 aliphatic heterocycles. The fourth-order valence-electron chi connectivity index (χ4n) is 3.20. The van der Waals surface area contributed by atoms with Crippen molar-refractivity contribution >= 4 is 17.3 Å². The van der Waals surface area contributed by atoms with Crippen molar-refractivity contribution in [1.29, 1.82) is 0 Å². The van der Waals surface area contributed by atoms with Gasteiger partial charge in [-0.15, -0.1) is 0 Å². The van der Waals surface area contributed by atoms with E-state index in [0.29, 0.717) is 26.1 Å². The van der Waals surface area contributed by atoms with Crippen LogP contribution in [-0.2, 0) is 4.74 Å². The van der Waals surface area contributed by atoms with Crippen LogP contribution in [0.15, 0.2) is 6.20 Å². The predicted octanol–water partition coefficient (Wildman–Crippen LogP) is 2.18. The van der Waals surface area contributed by atoms with Gasteiger partial charge in [-0.05, 0) is 12.8 Å². The summed E-state index contributed by atoms with van der Waals surface area (Å²) in [5.74, 6) is -2.81. The van der Waals surface area contributed by atoms with Gasteiger partial charge in [0, 0.05) is 25.6 Å². The fourth-order valence-corrected chi connectivity index (χ4v) is 3.41. The minimum Gasteiger partial charge on any atom is -0.395 e. The number of anilines is 1. The number of aromatic nitrogens is 2. The molecule has 2 atom stereocenters. The van der Waals surface area contributed by atoms with Gasteiger partial charge in [-0.2, -0.15) is 5.10 Å². The molecular formula is C13H19ClF2N4O. The molecule has 3 rings (SSSR count). The van der Waals surface area contributed by atoms with Crippen molar-refractivity contribution in [2.24, 2.45) is 0 Å². The molecule has 1 saturated heterocycles. The molecule has 2 fully saturated rings. The summed E-state index contributed by atoms with van der Waals surface area (Å²) in [7, 11) is 0. The minimum atomic E-state index is -2.81. The number of nitrogen functional groups attached to an aromatic ring is 1. The number of rotatable bonds is 2. The Kier molecular flexibility index (Phi) is 4.07. The van der Waals surface area contributed by atoms with Gasteiger partial charge in [0.2, 0.25) is 0 Å². The zero-order valence-electron chi connectivity index (χ0n) is 11.6. The lowest BCUT2D eigenvalue weighted by molar-refractivity contribution is -0.106. The van der Waals surface area contributed by atoms with Gasteiger partial charge in [-0.3, -0.25) is 4.90 Å². The van der Waals surface area contributed by atoms with Gasteiger partial charge in [0.1, 0.15) is 6.04 Å². The minimum absolute atomic E-state index is 0.0994. The highest BCUT2D eigenvalue weighted by Gasteiger charge is 2.48. The summed E-state index contributed by atoms with van der Waals surface area (Å²) in [5.41, 5.74) is 5.86. The molecule has 0 amide bonds. The highest BCUT2D eigenvalue weighted by atomic mass is 35.5. The molecule has 1 aliphatic carbocycles. The van der Waals surface area contributed by atoms with Gasteiger partial charge in [0.05, 0.1) is 25.1 Å². The van der Waals surface area contributed by atoms with E-state index in [1.54, 1.807) is 0 Å². The van der Waals surface area contributed by atoms with Crippen LogP contribution in [0.5, 0.6) is 0 Å². The Morgan fingerprint density at radius 2 is 2.10 bits per heavy atom. The molecule has 21 heavy (non-hydrogen) atoms. The van der Waals surface area contributed by atoms with Crippen LogP contribution in [0.3, 0.4) is 0 Å². The normalized spacial score (nSPS) is 30.4. The molecule has 8 heteroatoms. The predicted molar refractivity (Wildman–Crippen MR) is 75.7 cm³/mol. The van der Waals surface area contributed by atoms with Gasteiger partial charge in [0.25, 0.3) is 5.92 Å². The van der Waals surface area contributed by atoms with Crippen molar-refractivity contribution in [2.45, 2.75) is 37.3 Å². The first kappa shape index (κ1) is 15.0. The molecule has 2 N–H and O–H groups in total. The summed E-state index contributed by atoms with van der Waals surface area (Å²) < 4.78 is 35.1. The lowest BCUT2D eigenvalue weighted by Crippen LogP contribution is -2.49. The zero-order chi connectivity index (χ0) is 15.0. The van der Waals surface area contributed by atoms with Gasteiger partial charge in [0.15, 0.2) is 5.15 Å². The van der Waals surface area contributed by atoms with E-state index in [9.17, 15) is 8.78 Å². The summed E-state index contributed by atoms with van der Waals surface area (Å²) in [5, 5.41) is 4.05. The Labute approximate surface area is 127 Å². The molecule has 0 unspecified atom stereocenters. The SMILES string of the molecule is Nc1cnn([C@H]2C[C@@H](N3CCOCC3)CCC2(F)F)c1Cl. The number of nitrogens with two attached hydrogens (primary N) is 1. The summed E-state index contributed by atoms with van der Waals surface area (Å²) in [6, 6.07) is -0.927. The molecule has 0 radical (unpaired) electrons. The summed E-state index contributed by atoms with van der Waals surface area (Å²) in [4.78, 5) is 2.23. The molecule has 5 nitrogen and oxygen atoms in total. The van der Waals surface area contributed by atoms with E-state index < -0.39 is 12.0 Å². The van der Waals surface area contributed by atoms with Crippen molar-refractivity contribution in [1.82, 2.24) is 14.7 Å². The summed E-state index contributed by atoms with van der Waals surface area (Å²) in [6.07, 6.45) is 1.98.